The van der Waals surface area contributed by atoms with Crippen LogP contribution in [0.25, 0.3) is 10.9 Å². The molecule has 3 aromatic carbocycles. The average molecular weight is 784 g/mol. The lowest BCUT2D eigenvalue weighted by molar-refractivity contribution is -0.144. The molecular weight excluding hydrogens is 734 g/mol. The second-order valence-electron chi connectivity index (χ2n) is 14.6. The second-order valence-corrected chi connectivity index (χ2v) is 16.7. The van der Waals surface area contributed by atoms with E-state index in [2.05, 4.69) is 49.3 Å². The van der Waals surface area contributed by atoms with Crippen LogP contribution in [0.5, 0.6) is 0 Å². The molecule has 1 heterocycles. The number of nitrogens with one attached hydrogen (secondary N) is 2. The van der Waals surface area contributed by atoms with Gasteiger partial charge in [-0.05, 0) is 85.9 Å². The maximum atomic E-state index is 15.7. The summed E-state index contributed by atoms with van der Waals surface area (Å²) in [5.41, 5.74) is 4.91. The number of benzene rings is 3. The summed E-state index contributed by atoms with van der Waals surface area (Å²) in [6.45, 7) is 12.2. The third kappa shape index (κ3) is 10.2. The molecule has 0 spiro atoms. The zero-order valence-corrected chi connectivity index (χ0v) is 33.8. The summed E-state index contributed by atoms with van der Waals surface area (Å²) in [5.74, 6) is -3.26. The van der Waals surface area contributed by atoms with Gasteiger partial charge < -0.3 is 19.7 Å². The van der Waals surface area contributed by atoms with Gasteiger partial charge in [0.2, 0.25) is 0 Å². The van der Waals surface area contributed by atoms with Crippen molar-refractivity contribution in [3.63, 3.8) is 0 Å². The Morgan fingerprint density at radius 1 is 1.09 bits per heavy atom. The van der Waals surface area contributed by atoms with Crippen molar-refractivity contribution in [2.45, 2.75) is 95.3 Å². The van der Waals surface area contributed by atoms with Crippen LogP contribution in [-0.4, -0.2) is 51.2 Å². The molecule has 0 aliphatic rings. The molecule has 0 aliphatic heterocycles. The molecular formula is C41H50F3N4O4S2-. The maximum Gasteiger partial charge on any atom is 0.308 e. The first-order valence-corrected chi connectivity index (χ1v) is 20.1. The second kappa shape index (κ2) is 18.6. The molecule has 0 saturated carbocycles. The normalized spacial score (nSPS) is 14.9. The zero-order valence-electron chi connectivity index (χ0n) is 32.2. The molecule has 1 unspecified atom stereocenters. The summed E-state index contributed by atoms with van der Waals surface area (Å²) >= 11 is -1.51. The van der Waals surface area contributed by atoms with Crippen LogP contribution in [0.15, 0.2) is 74.6 Å². The van der Waals surface area contributed by atoms with Crippen molar-refractivity contribution in [3.05, 3.63) is 94.4 Å². The largest absolute Gasteiger partial charge is 0.772 e. The molecule has 4 rings (SSSR count). The lowest BCUT2D eigenvalue weighted by Gasteiger charge is -2.32. The number of aromatic nitrogens is 1. The van der Waals surface area contributed by atoms with Gasteiger partial charge in [-0.1, -0.05) is 87.6 Å². The molecule has 13 heteroatoms. The number of esters is 1. The van der Waals surface area contributed by atoms with E-state index < -0.39 is 33.9 Å². The molecule has 3 atom stereocenters. The van der Waals surface area contributed by atoms with Gasteiger partial charge in [0.15, 0.2) is 17.5 Å². The first-order valence-electron chi connectivity index (χ1n) is 18.0. The first-order chi connectivity index (χ1) is 25.5. The van der Waals surface area contributed by atoms with Crippen molar-refractivity contribution in [1.82, 2.24) is 10.4 Å². The van der Waals surface area contributed by atoms with Crippen LogP contribution in [0.2, 0.25) is 0 Å². The Morgan fingerprint density at radius 3 is 2.50 bits per heavy atom. The molecule has 8 nitrogen and oxygen atoms in total. The van der Waals surface area contributed by atoms with E-state index >= 15 is 13.2 Å². The number of aryl methyl sites for hydroxylation is 1. The predicted molar refractivity (Wildman–Crippen MR) is 212 cm³/mol. The monoisotopic (exact) mass is 783 g/mol. The fraction of sp³-hybridized carbons (Fsp3) is 0.439. The van der Waals surface area contributed by atoms with E-state index in [0.29, 0.717) is 40.2 Å². The minimum Gasteiger partial charge on any atom is -0.772 e. The molecule has 0 bridgehead atoms. The minimum atomic E-state index is -2.41. The standard InChI is InChI=1S/C41H51F3N4O4S2/c1-9-40(4,5)18-11-19-41(6,28-13-10-12-27(23-28)22-25(2)38(49)52-8)39(48-45-7)47-26(3)32-24-29(14-15-33(32)42)53-37-31(17-21-54(50)51)30-16-20-46-36(30)34(43)35(37)44/h10,12-16,20,23-25,45-46H,9,11,17-19,21-22H2,1-8H3,(H,50,51)/p-1/b47-26?,48-39-/t25-,41+/m0/s1. The number of amidine groups is 1. The summed E-state index contributed by atoms with van der Waals surface area (Å²) in [6, 6.07) is 13.8. The van der Waals surface area contributed by atoms with Gasteiger partial charge in [0.25, 0.3) is 0 Å². The van der Waals surface area contributed by atoms with Gasteiger partial charge in [-0.3, -0.25) is 9.00 Å². The van der Waals surface area contributed by atoms with Crippen molar-refractivity contribution >= 4 is 51.3 Å². The van der Waals surface area contributed by atoms with Crippen molar-refractivity contribution in [1.29, 1.82) is 0 Å². The van der Waals surface area contributed by atoms with Crippen molar-refractivity contribution in [2.24, 2.45) is 21.4 Å². The smallest absolute Gasteiger partial charge is 0.308 e. The molecule has 0 radical (unpaired) electrons. The number of nitrogens with zero attached hydrogens (tertiary/aromatic N) is 2. The minimum absolute atomic E-state index is 0.0425. The number of halogens is 3. The van der Waals surface area contributed by atoms with Gasteiger partial charge in [-0.15, -0.1) is 0 Å². The number of fused-ring (bicyclic) bond motifs is 1. The van der Waals surface area contributed by atoms with E-state index in [9.17, 15) is 13.6 Å². The molecule has 1 aromatic heterocycles. The average Bonchev–Trinajstić information content (AvgIpc) is 3.63. The highest BCUT2D eigenvalue weighted by molar-refractivity contribution is 7.99. The molecule has 292 valence electrons. The number of hydrazone groups is 1. The Balaban J connectivity index is 1.79. The van der Waals surface area contributed by atoms with Gasteiger partial charge in [-0.2, -0.15) is 5.10 Å². The van der Waals surface area contributed by atoms with Crippen molar-refractivity contribution < 1.29 is 31.5 Å². The van der Waals surface area contributed by atoms with Gasteiger partial charge >= 0.3 is 5.97 Å². The number of methoxy groups -OCH3 is 1. The third-order valence-electron chi connectivity index (χ3n) is 10.2. The lowest BCUT2D eigenvalue weighted by Crippen LogP contribution is -2.34. The lowest BCUT2D eigenvalue weighted by atomic mass is 9.74. The topological polar surface area (TPSA) is 119 Å². The molecule has 54 heavy (non-hydrogen) atoms. The Bertz CT molecular complexity index is 2050. The van der Waals surface area contributed by atoms with Crippen LogP contribution in [0, 0.1) is 28.8 Å². The number of hydrogen-bond acceptors (Lipinski definition) is 7. The molecule has 0 fully saturated rings. The van der Waals surface area contributed by atoms with Crippen LogP contribution in [0.1, 0.15) is 89.5 Å². The maximum absolute atomic E-state index is 15.7. The molecule has 0 saturated heterocycles. The molecule has 0 amide bonds. The number of aromatic amines is 1. The number of carbonyl (C=O) groups excluding carboxylic acids is 1. The summed E-state index contributed by atoms with van der Waals surface area (Å²) in [6.07, 6.45) is 5.41. The Morgan fingerprint density at radius 2 is 1.83 bits per heavy atom. The number of hydrogen-bond donors (Lipinski definition) is 2. The molecule has 0 aliphatic carbocycles. The van der Waals surface area contributed by atoms with Crippen molar-refractivity contribution in [3.8, 4) is 0 Å². The zero-order chi connectivity index (χ0) is 39.8. The summed E-state index contributed by atoms with van der Waals surface area (Å²) in [5, 5.41) is 5.02. The van der Waals surface area contributed by atoms with Gasteiger partial charge in [-0.25, -0.2) is 18.2 Å². The van der Waals surface area contributed by atoms with Crippen LogP contribution >= 0.6 is 11.8 Å². The van der Waals surface area contributed by atoms with Crippen LogP contribution in [0.3, 0.4) is 0 Å². The van der Waals surface area contributed by atoms with Gasteiger partial charge in [0.05, 0.1) is 28.9 Å². The third-order valence-corrected chi connectivity index (χ3v) is 11.9. The summed E-state index contributed by atoms with van der Waals surface area (Å²) in [7, 11) is 3.05. The highest BCUT2D eigenvalue weighted by atomic mass is 32.2. The number of ether oxygens (including phenoxy) is 1. The van der Waals surface area contributed by atoms with E-state index in [1.807, 2.05) is 25.1 Å². The van der Waals surface area contributed by atoms with Gasteiger partial charge in [0.1, 0.15) is 5.82 Å². The number of H-pyrrole nitrogens is 1. The molecule has 2 N–H and O–H groups in total. The SMILES string of the molecule is CCC(C)(C)CCC[C@@](C)(/C(N=C(C)c1cc(Sc2c(F)c(F)c3[nH]ccc3c2CCS(=O)[O-])ccc1F)=N/NC)c1cccc(C[C@H](C)C(=O)OC)c1. The van der Waals surface area contributed by atoms with Crippen LogP contribution in [0.4, 0.5) is 13.2 Å². The van der Waals surface area contributed by atoms with Crippen molar-refractivity contribution in [2.75, 3.05) is 19.9 Å². The van der Waals surface area contributed by atoms with Gasteiger partial charge in [0, 0.05) is 40.6 Å². The van der Waals surface area contributed by atoms with Crippen LogP contribution in [-0.2, 0) is 38.9 Å². The van der Waals surface area contributed by atoms with E-state index in [1.165, 1.54) is 31.5 Å². The fourth-order valence-electron chi connectivity index (χ4n) is 6.53. The Kier molecular flexibility index (Phi) is 14.7. The Hall–Kier alpha value is -3.94. The number of aliphatic imine (C=N–C) groups is 1. The molecule has 4 aromatic rings. The first kappa shape index (κ1) is 42.8. The summed E-state index contributed by atoms with van der Waals surface area (Å²) < 4.78 is 74.3. The summed E-state index contributed by atoms with van der Waals surface area (Å²) in [4.78, 5) is 20.2. The van der Waals surface area contributed by atoms with E-state index in [0.717, 1.165) is 42.2 Å². The quantitative estimate of drug-likeness (QED) is 0.0362. The van der Waals surface area contributed by atoms with Crippen LogP contribution < -0.4 is 5.43 Å². The van der Waals surface area contributed by atoms with E-state index in [1.54, 1.807) is 20.0 Å². The predicted octanol–water partition coefficient (Wildman–Crippen LogP) is 9.42. The van der Waals surface area contributed by atoms with E-state index in [4.69, 9.17) is 9.73 Å². The fourth-order valence-corrected chi connectivity index (χ4v) is 7.96. The van der Waals surface area contributed by atoms with E-state index in [-0.39, 0.29) is 45.5 Å². The highest BCUT2D eigenvalue weighted by Gasteiger charge is 2.35. The Labute approximate surface area is 323 Å². The highest BCUT2D eigenvalue weighted by Crippen LogP contribution is 2.40. The number of rotatable bonds is 17. The number of carbonyl (C=O) groups is 1.